The lowest BCUT2D eigenvalue weighted by Gasteiger charge is -2.25. The van der Waals surface area contributed by atoms with Crippen LogP contribution in [0.25, 0.3) is 11.3 Å². The summed E-state index contributed by atoms with van der Waals surface area (Å²) in [4.78, 5) is 44.7. The van der Waals surface area contributed by atoms with Crippen molar-refractivity contribution in [3.8, 4) is 17.0 Å². The first-order valence-corrected chi connectivity index (χ1v) is 12.2. The van der Waals surface area contributed by atoms with Gasteiger partial charge in [-0.15, -0.1) is 6.58 Å². The molecule has 0 saturated carbocycles. The van der Waals surface area contributed by atoms with Crippen molar-refractivity contribution in [3.63, 3.8) is 0 Å². The minimum atomic E-state index is -1.16. The topological polar surface area (TPSA) is 90.7 Å². The van der Waals surface area contributed by atoms with Crippen molar-refractivity contribution in [2.45, 2.75) is 46.3 Å². The van der Waals surface area contributed by atoms with E-state index in [9.17, 15) is 14.4 Å². The average molecular weight is 504 g/mol. The van der Waals surface area contributed by atoms with Gasteiger partial charge in [0.05, 0.1) is 12.3 Å². The minimum absolute atomic E-state index is 0.161. The molecule has 0 unspecified atom stereocenters. The minimum Gasteiger partial charge on any atom is -0.476 e. The number of rotatable bonds is 11. The Morgan fingerprint density at radius 1 is 1.08 bits per heavy atom. The molecular weight excluding hydrogens is 470 g/mol. The highest BCUT2D eigenvalue weighted by molar-refractivity contribution is 5.93. The van der Waals surface area contributed by atoms with E-state index in [4.69, 9.17) is 9.47 Å². The van der Waals surface area contributed by atoms with Crippen LogP contribution in [0.5, 0.6) is 5.75 Å². The molecule has 3 aromatic rings. The molecule has 1 aromatic heterocycles. The fourth-order valence-corrected chi connectivity index (χ4v) is 3.79. The Balaban J connectivity index is 1.83. The van der Waals surface area contributed by atoms with Gasteiger partial charge in [0, 0.05) is 30.3 Å². The highest BCUT2D eigenvalue weighted by Gasteiger charge is 2.31. The number of nitrogens with zero attached hydrogens (tertiary/aromatic N) is 3. The highest BCUT2D eigenvalue weighted by Crippen LogP contribution is 2.24. The van der Waals surface area contributed by atoms with E-state index < -0.39 is 11.6 Å². The van der Waals surface area contributed by atoms with Crippen molar-refractivity contribution < 1.29 is 19.1 Å². The number of aromatic nitrogens is 2. The van der Waals surface area contributed by atoms with Crippen LogP contribution in [0.1, 0.15) is 33.5 Å². The number of anilines is 1. The number of benzene rings is 2. The predicted molar refractivity (Wildman–Crippen MR) is 144 cm³/mol. The lowest BCUT2D eigenvalue weighted by atomic mass is 10.1. The number of esters is 1. The molecule has 1 heterocycles. The molecular formula is C29H33N3O5. The maximum atomic E-state index is 13.4. The van der Waals surface area contributed by atoms with Gasteiger partial charge in [-0.2, -0.15) is 0 Å². The van der Waals surface area contributed by atoms with E-state index >= 15 is 0 Å². The molecule has 8 nitrogen and oxygen atoms in total. The summed E-state index contributed by atoms with van der Waals surface area (Å²) < 4.78 is 12.3. The molecule has 37 heavy (non-hydrogen) atoms. The van der Waals surface area contributed by atoms with Crippen LogP contribution in [0.4, 0.5) is 5.69 Å². The summed E-state index contributed by atoms with van der Waals surface area (Å²) in [6.07, 6.45) is 2.11. The molecule has 0 radical (unpaired) electrons. The number of ether oxygens (including phenoxy) is 2. The molecule has 8 heteroatoms. The van der Waals surface area contributed by atoms with E-state index in [1.54, 1.807) is 51.1 Å². The fraction of sp³-hybridized carbons (Fsp3) is 0.310. The molecule has 0 aliphatic carbocycles. The van der Waals surface area contributed by atoms with Gasteiger partial charge >= 0.3 is 5.97 Å². The molecule has 0 N–H and O–H groups in total. The Bertz CT molecular complexity index is 1300. The smallest absolute Gasteiger partial charge is 0.349 e. The van der Waals surface area contributed by atoms with E-state index in [-0.39, 0.29) is 31.2 Å². The standard InChI is InChI=1S/C29H33N3O5/c1-6-18-31(22-14-16-23(17-15-22)37-29(4,5)28(35)36-8-3)27(34)20-32-25(7-2)30-24(19-26(32)33)21-12-10-9-11-13-21/h6,9-17,19H,1,7-8,18,20H2,2-5H3. The van der Waals surface area contributed by atoms with E-state index in [1.807, 2.05) is 37.3 Å². The Kier molecular flexibility index (Phi) is 9.00. The molecule has 0 aliphatic rings. The van der Waals surface area contributed by atoms with Crippen molar-refractivity contribution in [1.29, 1.82) is 0 Å². The van der Waals surface area contributed by atoms with Crippen LogP contribution < -0.4 is 15.2 Å². The van der Waals surface area contributed by atoms with Crippen LogP contribution in [-0.2, 0) is 27.3 Å². The van der Waals surface area contributed by atoms with Crippen LogP contribution in [0, 0.1) is 0 Å². The Labute approximate surface area is 217 Å². The Hall–Kier alpha value is -4.20. The van der Waals surface area contributed by atoms with Crippen LogP contribution >= 0.6 is 0 Å². The molecule has 194 valence electrons. The largest absolute Gasteiger partial charge is 0.476 e. The molecule has 0 atom stereocenters. The van der Waals surface area contributed by atoms with Crippen molar-refractivity contribution >= 4 is 17.6 Å². The van der Waals surface area contributed by atoms with Gasteiger partial charge in [0.25, 0.3) is 5.56 Å². The van der Waals surface area contributed by atoms with Gasteiger partial charge in [-0.05, 0) is 45.0 Å². The second-order valence-electron chi connectivity index (χ2n) is 8.82. The highest BCUT2D eigenvalue weighted by atomic mass is 16.6. The maximum Gasteiger partial charge on any atom is 0.349 e. The van der Waals surface area contributed by atoms with Crippen molar-refractivity contribution in [3.05, 3.63) is 89.5 Å². The second-order valence-corrected chi connectivity index (χ2v) is 8.82. The molecule has 0 spiro atoms. The summed E-state index contributed by atoms with van der Waals surface area (Å²) in [6.45, 7) is 11.0. The first kappa shape index (κ1) is 27.4. The molecule has 0 fully saturated rings. The SMILES string of the molecule is C=CCN(C(=O)Cn1c(CC)nc(-c2ccccc2)cc1=O)c1ccc(OC(C)(C)C(=O)OCC)cc1. The van der Waals surface area contributed by atoms with Crippen LogP contribution in [0.15, 0.2) is 78.1 Å². The summed E-state index contributed by atoms with van der Waals surface area (Å²) in [6, 6.07) is 17.7. The van der Waals surface area contributed by atoms with Crippen LogP contribution in [0.2, 0.25) is 0 Å². The number of carbonyl (C=O) groups excluding carboxylic acids is 2. The van der Waals surface area contributed by atoms with Crippen LogP contribution in [-0.4, -0.2) is 40.2 Å². The zero-order valence-corrected chi connectivity index (χ0v) is 21.8. The zero-order chi connectivity index (χ0) is 27.0. The van der Waals surface area contributed by atoms with E-state index in [0.717, 1.165) is 5.56 Å². The lowest BCUT2D eigenvalue weighted by molar-refractivity contribution is -0.158. The predicted octanol–water partition coefficient (Wildman–Crippen LogP) is 4.41. The van der Waals surface area contributed by atoms with Gasteiger partial charge < -0.3 is 14.4 Å². The molecule has 0 saturated heterocycles. The normalized spacial score (nSPS) is 11.0. The number of carbonyl (C=O) groups is 2. The van der Waals surface area contributed by atoms with Gasteiger partial charge in [0.1, 0.15) is 18.1 Å². The molecule has 2 aromatic carbocycles. The number of amides is 1. The third-order valence-electron chi connectivity index (χ3n) is 5.67. The first-order chi connectivity index (χ1) is 17.7. The number of aryl methyl sites for hydroxylation is 1. The average Bonchev–Trinajstić information content (AvgIpc) is 2.89. The van der Waals surface area contributed by atoms with Gasteiger partial charge in [-0.3, -0.25) is 14.2 Å². The van der Waals surface area contributed by atoms with Crippen molar-refractivity contribution in [2.75, 3.05) is 18.1 Å². The van der Waals surface area contributed by atoms with E-state index in [1.165, 1.54) is 15.5 Å². The fourth-order valence-electron chi connectivity index (χ4n) is 3.79. The Morgan fingerprint density at radius 3 is 2.35 bits per heavy atom. The first-order valence-electron chi connectivity index (χ1n) is 12.2. The molecule has 0 bridgehead atoms. The molecule has 1 amide bonds. The number of hydrogen-bond donors (Lipinski definition) is 0. The third-order valence-corrected chi connectivity index (χ3v) is 5.67. The van der Waals surface area contributed by atoms with Gasteiger partial charge in [0.2, 0.25) is 5.91 Å². The van der Waals surface area contributed by atoms with Crippen molar-refractivity contribution in [1.82, 2.24) is 9.55 Å². The summed E-state index contributed by atoms with van der Waals surface area (Å²) >= 11 is 0. The summed E-state index contributed by atoms with van der Waals surface area (Å²) in [7, 11) is 0. The van der Waals surface area contributed by atoms with Gasteiger partial charge in [-0.1, -0.05) is 43.3 Å². The third kappa shape index (κ3) is 6.73. The summed E-state index contributed by atoms with van der Waals surface area (Å²) in [5.74, 6) is 0.235. The maximum absolute atomic E-state index is 13.4. The lowest BCUT2D eigenvalue weighted by Crippen LogP contribution is -2.39. The monoisotopic (exact) mass is 503 g/mol. The van der Waals surface area contributed by atoms with Crippen molar-refractivity contribution in [2.24, 2.45) is 0 Å². The van der Waals surface area contributed by atoms with Gasteiger partial charge in [-0.25, -0.2) is 9.78 Å². The summed E-state index contributed by atoms with van der Waals surface area (Å²) in [5.41, 5.74) is 0.573. The number of hydrogen-bond acceptors (Lipinski definition) is 6. The molecule has 3 rings (SSSR count). The Morgan fingerprint density at radius 2 is 1.76 bits per heavy atom. The quantitative estimate of drug-likeness (QED) is 0.284. The van der Waals surface area contributed by atoms with Crippen LogP contribution in [0.3, 0.4) is 0 Å². The van der Waals surface area contributed by atoms with Gasteiger partial charge in [0.15, 0.2) is 5.60 Å². The van der Waals surface area contributed by atoms with E-state index in [2.05, 4.69) is 11.6 Å². The molecule has 0 aliphatic heterocycles. The second kappa shape index (κ2) is 12.2. The van der Waals surface area contributed by atoms with E-state index in [0.29, 0.717) is 29.4 Å². The zero-order valence-electron chi connectivity index (χ0n) is 21.8. The summed E-state index contributed by atoms with van der Waals surface area (Å²) in [5, 5.41) is 0.